The molecule has 0 saturated carbocycles. The number of hydrogen-bond donors (Lipinski definition) is 2. The topological polar surface area (TPSA) is 96.3 Å². The number of rotatable bonds is 4. The maximum atomic E-state index is 13.2. The molecule has 3 aromatic rings. The third-order valence-corrected chi connectivity index (χ3v) is 6.00. The molecule has 1 unspecified atom stereocenters. The van der Waals surface area contributed by atoms with E-state index in [2.05, 4.69) is 0 Å². The van der Waals surface area contributed by atoms with Crippen LogP contribution in [0.25, 0.3) is 5.76 Å². The van der Waals surface area contributed by atoms with Crippen molar-refractivity contribution in [3.05, 3.63) is 94.6 Å². The van der Waals surface area contributed by atoms with Gasteiger partial charge in [0.05, 0.1) is 17.2 Å². The number of ether oxygens (including phenoxy) is 2. The molecule has 2 aliphatic heterocycles. The molecule has 0 spiro atoms. The minimum Gasteiger partial charge on any atom is -0.508 e. The second-order valence-corrected chi connectivity index (χ2v) is 8.28. The van der Waals surface area contributed by atoms with Crippen molar-refractivity contribution in [3.8, 4) is 17.2 Å². The van der Waals surface area contributed by atoms with Gasteiger partial charge in [0.1, 0.15) is 11.5 Å². The summed E-state index contributed by atoms with van der Waals surface area (Å²) in [4.78, 5) is 27.3. The number of aliphatic hydroxyl groups excluding tert-OH is 1. The van der Waals surface area contributed by atoms with Crippen LogP contribution in [-0.4, -0.2) is 33.6 Å². The lowest BCUT2D eigenvalue weighted by atomic mass is 9.95. The van der Waals surface area contributed by atoms with Crippen molar-refractivity contribution in [2.24, 2.45) is 0 Å². The minimum atomic E-state index is -4.58. The van der Waals surface area contributed by atoms with Gasteiger partial charge in [0.25, 0.3) is 11.7 Å². The predicted octanol–water partition coefficient (Wildman–Crippen LogP) is 4.76. The molecule has 0 aliphatic carbocycles. The van der Waals surface area contributed by atoms with Crippen molar-refractivity contribution in [2.75, 3.05) is 6.79 Å². The molecule has 2 heterocycles. The average Bonchev–Trinajstić information content (AvgIpc) is 3.42. The molecule has 36 heavy (non-hydrogen) atoms. The molecule has 184 valence electrons. The van der Waals surface area contributed by atoms with Crippen LogP contribution in [0.1, 0.15) is 28.3 Å². The SMILES string of the molecule is O=C1C(=O)N(Cc2cccc(C(F)(F)F)c2)C(c2ccc(O)cc2)/C1=C(/O)c1ccc2c(c1)OCO2. The summed E-state index contributed by atoms with van der Waals surface area (Å²) >= 11 is 0. The van der Waals surface area contributed by atoms with E-state index in [0.717, 1.165) is 17.0 Å². The Morgan fingerprint density at radius 1 is 0.972 bits per heavy atom. The van der Waals surface area contributed by atoms with E-state index in [9.17, 15) is 33.0 Å². The predicted molar refractivity (Wildman–Crippen MR) is 120 cm³/mol. The number of amides is 1. The number of nitrogens with zero attached hydrogens (tertiary/aromatic N) is 1. The lowest BCUT2D eigenvalue weighted by Crippen LogP contribution is -2.29. The van der Waals surface area contributed by atoms with Crippen LogP contribution in [0.15, 0.2) is 72.3 Å². The zero-order valence-electron chi connectivity index (χ0n) is 18.5. The van der Waals surface area contributed by atoms with Gasteiger partial charge in [-0.2, -0.15) is 13.2 Å². The van der Waals surface area contributed by atoms with E-state index in [1.807, 2.05) is 0 Å². The average molecular weight is 497 g/mol. The van der Waals surface area contributed by atoms with E-state index in [0.29, 0.717) is 17.1 Å². The molecule has 1 atom stereocenters. The quantitative estimate of drug-likeness (QED) is 0.307. The van der Waals surface area contributed by atoms with Gasteiger partial charge < -0.3 is 24.6 Å². The summed E-state index contributed by atoms with van der Waals surface area (Å²) in [6, 6.07) is 13.5. The molecule has 1 saturated heterocycles. The highest BCUT2D eigenvalue weighted by Crippen LogP contribution is 2.42. The van der Waals surface area contributed by atoms with Crippen molar-refractivity contribution in [1.82, 2.24) is 4.90 Å². The molecule has 1 fully saturated rings. The van der Waals surface area contributed by atoms with Crippen LogP contribution in [0.5, 0.6) is 17.2 Å². The Balaban J connectivity index is 1.61. The van der Waals surface area contributed by atoms with E-state index in [-0.39, 0.29) is 35.8 Å². The molecule has 2 N–H and O–H groups in total. The van der Waals surface area contributed by atoms with Crippen LogP contribution in [0.4, 0.5) is 13.2 Å². The Labute approximate surface area is 202 Å². The first-order chi connectivity index (χ1) is 17.1. The van der Waals surface area contributed by atoms with Crippen LogP contribution < -0.4 is 9.47 Å². The number of carbonyl (C=O) groups excluding carboxylic acids is 2. The summed E-state index contributed by atoms with van der Waals surface area (Å²) < 4.78 is 50.3. The molecule has 1 amide bonds. The van der Waals surface area contributed by atoms with E-state index in [1.165, 1.54) is 48.5 Å². The van der Waals surface area contributed by atoms with Gasteiger partial charge in [-0.05, 0) is 53.6 Å². The summed E-state index contributed by atoms with van der Waals surface area (Å²) in [6.45, 7) is -0.327. The molecule has 7 nitrogen and oxygen atoms in total. The second-order valence-electron chi connectivity index (χ2n) is 8.28. The number of benzene rings is 3. The maximum Gasteiger partial charge on any atom is 0.416 e. The van der Waals surface area contributed by atoms with Crippen LogP contribution in [0, 0.1) is 0 Å². The molecule has 0 bridgehead atoms. The molecule has 0 radical (unpaired) electrons. The number of halogens is 3. The third-order valence-electron chi connectivity index (χ3n) is 6.00. The molecule has 3 aromatic carbocycles. The molecule has 2 aliphatic rings. The first kappa shape index (κ1) is 23.3. The fraction of sp³-hybridized carbons (Fsp3) is 0.154. The zero-order valence-corrected chi connectivity index (χ0v) is 18.5. The molecular formula is C26H18F3NO6. The number of phenolic OH excluding ortho intramolecular Hbond substituents is 1. The van der Waals surface area contributed by atoms with Gasteiger partial charge in [-0.1, -0.05) is 24.3 Å². The smallest absolute Gasteiger partial charge is 0.416 e. The normalized spacial score (nSPS) is 18.6. The second kappa shape index (κ2) is 8.63. The third kappa shape index (κ3) is 4.10. The van der Waals surface area contributed by atoms with Crippen molar-refractivity contribution < 1.29 is 42.4 Å². The number of ketones is 1. The van der Waals surface area contributed by atoms with E-state index >= 15 is 0 Å². The van der Waals surface area contributed by atoms with Gasteiger partial charge >= 0.3 is 6.18 Å². The van der Waals surface area contributed by atoms with Crippen molar-refractivity contribution in [3.63, 3.8) is 0 Å². The number of Topliss-reactive ketones (excluding diaryl/α,β-unsaturated/α-hetero) is 1. The number of alkyl halides is 3. The maximum absolute atomic E-state index is 13.2. The van der Waals surface area contributed by atoms with Crippen LogP contribution in [0.2, 0.25) is 0 Å². The van der Waals surface area contributed by atoms with Crippen LogP contribution in [-0.2, 0) is 22.3 Å². The first-order valence-corrected chi connectivity index (χ1v) is 10.8. The molecule has 0 aromatic heterocycles. The van der Waals surface area contributed by atoms with E-state index in [1.54, 1.807) is 6.07 Å². The van der Waals surface area contributed by atoms with Crippen molar-refractivity contribution in [2.45, 2.75) is 18.8 Å². The monoisotopic (exact) mass is 497 g/mol. The Bertz CT molecular complexity index is 1400. The van der Waals surface area contributed by atoms with Gasteiger partial charge in [-0.25, -0.2) is 0 Å². The van der Waals surface area contributed by atoms with Gasteiger partial charge in [-0.3, -0.25) is 9.59 Å². The van der Waals surface area contributed by atoms with E-state index in [4.69, 9.17) is 9.47 Å². The lowest BCUT2D eigenvalue weighted by molar-refractivity contribution is -0.140. The standard InChI is InChI=1S/C26H18F3NO6/c27-26(28,29)17-3-1-2-14(10-17)12-30-22(15-4-7-18(31)8-5-15)21(24(33)25(30)34)23(32)16-6-9-19-20(11-16)36-13-35-19/h1-11,22,31-32H,12-13H2/b23-21-. The van der Waals surface area contributed by atoms with Gasteiger partial charge in [0.15, 0.2) is 11.5 Å². The number of fused-ring (bicyclic) bond motifs is 1. The Hall–Kier alpha value is -4.47. The van der Waals surface area contributed by atoms with Crippen LogP contribution >= 0.6 is 0 Å². The van der Waals surface area contributed by atoms with Gasteiger partial charge in [0, 0.05) is 12.1 Å². The Kier molecular flexibility index (Phi) is 5.58. The summed E-state index contributed by atoms with van der Waals surface area (Å²) in [5.74, 6) is -1.71. The summed E-state index contributed by atoms with van der Waals surface area (Å²) in [5, 5.41) is 20.9. The summed E-state index contributed by atoms with van der Waals surface area (Å²) in [7, 11) is 0. The highest BCUT2D eigenvalue weighted by molar-refractivity contribution is 6.46. The number of likely N-dealkylation sites (tertiary alicyclic amines) is 1. The molecule has 5 rings (SSSR count). The Morgan fingerprint density at radius 3 is 2.42 bits per heavy atom. The minimum absolute atomic E-state index is 0.00552. The highest BCUT2D eigenvalue weighted by Gasteiger charge is 2.46. The number of aliphatic hydroxyl groups is 1. The zero-order chi connectivity index (χ0) is 25.6. The van der Waals surface area contributed by atoms with Crippen molar-refractivity contribution >= 4 is 17.4 Å². The molecular weight excluding hydrogens is 479 g/mol. The number of carbonyl (C=O) groups is 2. The molecule has 10 heteroatoms. The van der Waals surface area contributed by atoms with E-state index < -0.39 is 35.2 Å². The highest BCUT2D eigenvalue weighted by atomic mass is 19.4. The fourth-order valence-corrected chi connectivity index (χ4v) is 4.29. The summed E-state index contributed by atoms with van der Waals surface area (Å²) in [5.41, 5.74) is -0.408. The van der Waals surface area contributed by atoms with Gasteiger partial charge in [-0.15, -0.1) is 0 Å². The first-order valence-electron chi connectivity index (χ1n) is 10.8. The van der Waals surface area contributed by atoms with Crippen molar-refractivity contribution in [1.29, 1.82) is 0 Å². The number of aromatic hydroxyl groups is 1. The largest absolute Gasteiger partial charge is 0.508 e. The Morgan fingerprint density at radius 2 is 1.69 bits per heavy atom. The lowest BCUT2D eigenvalue weighted by Gasteiger charge is -2.26. The number of phenols is 1. The summed E-state index contributed by atoms with van der Waals surface area (Å²) in [6.07, 6.45) is -4.58. The fourth-order valence-electron chi connectivity index (χ4n) is 4.29. The van der Waals surface area contributed by atoms with Crippen LogP contribution in [0.3, 0.4) is 0 Å². The van der Waals surface area contributed by atoms with Gasteiger partial charge in [0.2, 0.25) is 6.79 Å². The number of hydrogen-bond acceptors (Lipinski definition) is 6.